The Hall–Kier alpha value is -2.80. The van der Waals surface area contributed by atoms with Crippen LogP contribution in [0.1, 0.15) is 37.5 Å². The van der Waals surface area contributed by atoms with E-state index in [0.29, 0.717) is 11.3 Å². The lowest BCUT2D eigenvalue weighted by atomic mass is 10.0. The molecule has 3 aromatic heterocycles. The quantitative estimate of drug-likeness (QED) is 0.244. The number of halogens is 4. The third-order valence-corrected chi connectivity index (χ3v) is 7.86. The van der Waals surface area contributed by atoms with Crippen LogP contribution in [-0.2, 0) is 19.7 Å². The second-order valence-corrected chi connectivity index (χ2v) is 12.3. The van der Waals surface area contributed by atoms with Crippen LogP contribution >= 0.6 is 19.8 Å². The summed E-state index contributed by atoms with van der Waals surface area (Å²) in [6.45, 7) is 9.34. The number of alkyl halides is 3. The van der Waals surface area contributed by atoms with Crippen LogP contribution in [0.4, 0.5) is 13.2 Å². The van der Waals surface area contributed by atoms with Crippen LogP contribution in [-0.4, -0.2) is 49.3 Å². The Morgan fingerprint density at radius 3 is 2.58 bits per heavy atom. The van der Waals surface area contributed by atoms with Gasteiger partial charge in [0.1, 0.15) is 24.2 Å². The molecule has 1 fully saturated rings. The van der Waals surface area contributed by atoms with Crippen LogP contribution in [0.25, 0.3) is 28.6 Å². The van der Waals surface area contributed by atoms with E-state index in [4.69, 9.17) is 34.4 Å². The summed E-state index contributed by atoms with van der Waals surface area (Å²) in [5.41, 5.74) is 0.986. The first-order chi connectivity index (χ1) is 18.6. The van der Waals surface area contributed by atoms with Gasteiger partial charge in [-0.3, -0.25) is 13.6 Å². The monoisotopic (exact) mass is 601 g/mol. The highest BCUT2D eigenvalue weighted by atomic mass is 35.5. The van der Waals surface area contributed by atoms with Crippen molar-refractivity contribution in [3.8, 4) is 28.7 Å². The van der Waals surface area contributed by atoms with Crippen molar-refractivity contribution < 1.29 is 40.9 Å². The van der Waals surface area contributed by atoms with Gasteiger partial charge in [0.2, 0.25) is 5.82 Å². The Bertz CT molecular complexity index is 1570. The van der Waals surface area contributed by atoms with Crippen molar-refractivity contribution in [3.05, 3.63) is 52.3 Å². The predicted octanol–water partition coefficient (Wildman–Crippen LogP) is 6.62. The molecular weight excluding hydrogens is 576 g/mol. The van der Waals surface area contributed by atoms with Gasteiger partial charge in [-0.25, -0.2) is 4.98 Å². The summed E-state index contributed by atoms with van der Waals surface area (Å²) in [5.74, 6) is 0.880. The molecule has 40 heavy (non-hydrogen) atoms. The number of benzene rings is 1. The maximum Gasteiger partial charge on any atom is 0.417 e. The van der Waals surface area contributed by atoms with E-state index in [9.17, 15) is 18.1 Å². The Balaban J connectivity index is 1.31. The maximum atomic E-state index is 13.2. The van der Waals surface area contributed by atoms with Gasteiger partial charge in [-0.05, 0) is 63.9 Å². The molecule has 10 nitrogen and oxygen atoms in total. The van der Waals surface area contributed by atoms with Crippen LogP contribution in [0.3, 0.4) is 0 Å². The zero-order valence-corrected chi connectivity index (χ0v) is 23.8. The summed E-state index contributed by atoms with van der Waals surface area (Å²) in [6.07, 6.45) is -2.84. The Labute approximate surface area is 232 Å². The highest BCUT2D eigenvalue weighted by Gasteiger charge is 2.44. The molecule has 2 atom stereocenters. The Morgan fingerprint density at radius 1 is 1.12 bits per heavy atom. The van der Waals surface area contributed by atoms with Gasteiger partial charge in [0.05, 0.1) is 22.8 Å². The predicted molar refractivity (Wildman–Crippen MR) is 140 cm³/mol. The molecule has 4 heterocycles. The van der Waals surface area contributed by atoms with E-state index in [-0.39, 0.29) is 41.3 Å². The summed E-state index contributed by atoms with van der Waals surface area (Å²) in [4.78, 5) is 19.1. The standard InChI is InChI=1S/C25H26ClF3N4O6P/c1-13-7-20(35-11-16-12-36-40(34,38-16)39-24(3,4)5)14(2)6-17(13)21-31-23(37-32-21)19-10-33-9-15(25(27,28)29)8-18(26)22(33)30-19/h6-10,16,34H,11-12H2,1-5H3/t16-/m0/s1. The molecule has 4 aromatic rings. The number of hydrogen-bond acceptors (Lipinski definition) is 9. The number of ether oxygens (including phenoxy) is 1. The molecule has 5 rings (SSSR count). The van der Waals surface area contributed by atoms with Gasteiger partial charge in [0.15, 0.2) is 5.65 Å². The smallest absolute Gasteiger partial charge is 0.417 e. The number of pyridine rings is 1. The number of rotatable bonds is 6. The first kappa shape index (κ1) is 28.7. The number of hydrogen-bond donors (Lipinski definition) is 1. The highest BCUT2D eigenvalue weighted by Crippen LogP contribution is 2.64. The van der Waals surface area contributed by atoms with Crippen LogP contribution in [0.5, 0.6) is 5.75 Å². The first-order valence-corrected chi connectivity index (χ1v) is 14.0. The van der Waals surface area contributed by atoms with Crippen molar-refractivity contribution in [1.29, 1.82) is 0 Å². The van der Waals surface area contributed by atoms with E-state index in [0.717, 1.165) is 23.4 Å². The zero-order chi connectivity index (χ0) is 29.0. The van der Waals surface area contributed by atoms with Crippen molar-refractivity contribution >= 4 is 25.4 Å². The number of aromatic nitrogens is 4. The molecule has 1 N–H and O–H groups in total. The lowest BCUT2D eigenvalue weighted by molar-refractivity contribution is -0.137. The van der Waals surface area contributed by atoms with Gasteiger partial charge in [0.25, 0.3) is 5.89 Å². The van der Waals surface area contributed by atoms with E-state index in [2.05, 4.69) is 15.1 Å². The van der Waals surface area contributed by atoms with Crippen molar-refractivity contribution in [2.45, 2.75) is 52.5 Å². The van der Waals surface area contributed by atoms with Gasteiger partial charge in [0, 0.05) is 18.0 Å². The summed E-state index contributed by atoms with van der Waals surface area (Å²) in [6, 6.07) is 4.45. The molecule has 0 amide bonds. The number of aryl methyl sites for hydroxylation is 2. The summed E-state index contributed by atoms with van der Waals surface area (Å²) in [7, 11) is -3.41. The third kappa shape index (κ3) is 6.09. The molecule has 15 heteroatoms. The number of nitrogens with zero attached hydrogens (tertiary/aromatic N) is 4. The van der Waals surface area contributed by atoms with Crippen molar-refractivity contribution in [2.75, 3.05) is 13.2 Å². The zero-order valence-electron chi connectivity index (χ0n) is 22.1. The van der Waals surface area contributed by atoms with E-state index < -0.39 is 31.6 Å². The summed E-state index contributed by atoms with van der Waals surface area (Å²) < 4.78 is 68.5. The fourth-order valence-electron chi connectivity index (χ4n) is 4.02. The van der Waals surface area contributed by atoms with Gasteiger partial charge >= 0.3 is 14.3 Å². The van der Waals surface area contributed by atoms with Crippen LogP contribution < -0.4 is 4.74 Å². The minimum absolute atomic E-state index is 0.0207. The van der Waals surface area contributed by atoms with E-state index in [1.807, 2.05) is 26.0 Å². The first-order valence-electron chi connectivity index (χ1n) is 12.1. The van der Waals surface area contributed by atoms with Crippen molar-refractivity contribution in [1.82, 2.24) is 19.5 Å². The van der Waals surface area contributed by atoms with Crippen LogP contribution in [0, 0.1) is 13.8 Å². The molecule has 215 valence electrons. The number of fused-ring (bicyclic) bond motifs is 1. The lowest BCUT2D eigenvalue weighted by Gasteiger charge is -2.29. The molecule has 1 unspecified atom stereocenters. The molecule has 1 aromatic carbocycles. The Kier molecular flexibility index (Phi) is 7.35. The van der Waals surface area contributed by atoms with Gasteiger partial charge in [-0.1, -0.05) is 16.8 Å². The van der Waals surface area contributed by atoms with Gasteiger partial charge in [-0.15, -0.1) is 0 Å². The lowest BCUT2D eigenvalue weighted by Crippen LogP contribution is -2.22. The minimum Gasteiger partial charge on any atom is -0.490 e. The fourth-order valence-corrected chi connectivity index (χ4v) is 5.98. The Morgan fingerprint density at radius 2 is 1.88 bits per heavy atom. The van der Waals surface area contributed by atoms with Crippen molar-refractivity contribution in [2.24, 2.45) is 0 Å². The largest absolute Gasteiger partial charge is 0.490 e. The van der Waals surface area contributed by atoms with Gasteiger partial charge < -0.3 is 18.6 Å². The van der Waals surface area contributed by atoms with Crippen LogP contribution in [0.15, 0.2) is 35.1 Å². The highest BCUT2D eigenvalue weighted by molar-refractivity contribution is 7.55. The molecule has 1 saturated heterocycles. The molecule has 0 spiro atoms. The average Bonchev–Trinajstić information content (AvgIpc) is 3.56. The minimum atomic E-state index is -4.56. The molecule has 0 saturated carbocycles. The summed E-state index contributed by atoms with van der Waals surface area (Å²) in [5, 5.41) is 3.87. The molecule has 1 radical (unpaired) electrons. The third-order valence-electron chi connectivity index (χ3n) is 5.76. The molecule has 1 aliphatic heterocycles. The molecular formula is C25H26ClF3N4O6P. The second kappa shape index (κ2) is 10.2. The SMILES string of the molecule is Cc1cc(-c2noc(-c3cn4cc(C(F)(F)F)cc(Cl)c4n3)n2)c(C)cc1OC[C@H]1CO[P](O)(OC(C)(C)C)O1. The second-order valence-electron chi connectivity index (χ2n) is 10.3. The topological polar surface area (TPSA) is 113 Å². The molecule has 0 aliphatic carbocycles. The maximum absolute atomic E-state index is 13.2. The average molecular weight is 602 g/mol. The molecule has 1 aliphatic rings. The normalized spacial score (nSPS) is 20.0. The molecule has 0 bridgehead atoms. The fraction of sp³-hybridized carbons (Fsp3) is 0.400. The van der Waals surface area contributed by atoms with Crippen molar-refractivity contribution in [3.63, 3.8) is 0 Å². The van der Waals surface area contributed by atoms with E-state index in [1.165, 1.54) is 10.6 Å². The van der Waals surface area contributed by atoms with Crippen LogP contribution in [0.2, 0.25) is 5.02 Å². The number of imidazole rings is 1. The van der Waals surface area contributed by atoms with E-state index >= 15 is 0 Å². The summed E-state index contributed by atoms with van der Waals surface area (Å²) >= 11 is 6.04. The van der Waals surface area contributed by atoms with E-state index in [1.54, 1.807) is 20.8 Å². The van der Waals surface area contributed by atoms with Gasteiger partial charge in [-0.2, -0.15) is 18.2 Å².